The monoisotopic (exact) mass is 371 g/mol. The van der Waals surface area contributed by atoms with Gasteiger partial charge in [-0.25, -0.2) is 9.97 Å². The summed E-state index contributed by atoms with van der Waals surface area (Å²) in [6.07, 6.45) is 5.71. The summed E-state index contributed by atoms with van der Waals surface area (Å²) >= 11 is 0. The van der Waals surface area contributed by atoms with Crippen LogP contribution in [0.5, 0.6) is 0 Å². The fraction of sp³-hybridized carbons (Fsp3) is 0.600. The third kappa shape index (κ3) is 4.09. The lowest BCUT2D eigenvalue weighted by Crippen LogP contribution is -2.65. The molecule has 0 aliphatic carbocycles. The van der Waals surface area contributed by atoms with Crippen LogP contribution in [0.25, 0.3) is 0 Å². The Kier molecular flexibility index (Phi) is 5.06. The number of ether oxygens (including phenoxy) is 1. The van der Waals surface area contributed by atoms with E-state index in [1.165, 1.54) is 6.42 Å². The molecule has 1 atom stereocenters. The van der Waals surface area contributed by atoms with Crippen LogP contribution in [-0.4, -0.2) is 67.9 Å². The molecule has 1 spiro atoms. The second-order valence-corrected chi connectivity index (χ2v) is 8.16. The Morgan fingerprint density at radius 1 is 1.26 bits per heavy atom. The van der Waals surface area contributed by atoms with E-state index in [0.717, 1.165) is 56.6 Å². The molecule has 2 aromatic heterocycles. The quantitative estimate of drug-likeness (QED) is 0.772. The highest BCUT2D eigenvalue weighted by Gasteiger charge is 2.47. The minimum Gasteiger partial charge on any atom is -0.468 e. The molecule has 0 amide bonds. The zero-order chi connectivity index (χ0) is 18.9. The number of hydrogen-bond donors (Lipinski definition) is 0. The van der Waals surface area contributed by atoms with Crippen LogP contribution < -0.4 is 9.80 Å². The van der Waals surface area contributed by atoms with E-state index in [1.807, 2.05) is 37.2 Å². The standard InChI is InChI=1S/C20H29N5O2/c1-23(2)18-9-19(22-15-21-18)25-13-20(14-25)7-6-16(12-27-20)10-24(3)11-17-5-4-8-26-17/h4-5,8-9,15-16H,6-7,10-14H2,1-3H3. The molecule has 0 bridgehead atoms. The van der Waals surface area contributed by atoms with Crippen LogP contribution >= 0.6 is 0 Å². The summed E-state index contributed by atoms with van der Waals surface area (Å²) in [5.74, 6) is 3.53. The van der Waals surface area contributed by atoms with Crippen molar-refractivity contribution in [3.63, 3.8) is 0 Å². The number of hydrogen-bond acceptors (Lipinski definition) is 7. The smallest absolute Gasteiger partial charge is 0.134 e. The number of aromatic nitrogens is 2. The van der Waals surface area contributed by atoms with E-state index < -0.39 is 0 Å². The summed E-state index contributed by atoms with van der Waals surface area (Å²) in [6, 6.07) is 6.01. The van der Waals surface area contributed by atoms with Crippen LogP contribution in [-0.2, 0) is 11.3 Å². The van der Waals surface area contributed by atoms with E-state index in [0.29, 0.717) is 5.92 Å². The van der Waals surface area contributed by atoms with E-state index in [4.69, 9.17) is 9.15 Å². The molecule has 27 heavy (non-hydrogen) atoms. The lowest BCUT2D eigenvalue weighted by atomic mass is 9.83. The molecule has 146 valence electrons. The zero-order valence-electron chi connectivity index (χ0n) is 16.5. The molecule has 2 fully saturated rings. The maximum Gasteiger partial charge on any atom is 0.134 e. The van der Waals surface area contributed by atoms with Gasteiger partial charge in [-0.3, -0.25) is 4.90 Å². The lowest BCUT2D eigenvalue weighted by Gasteiger charge is -2.53. The number of anilines is 2. The van der Waals surface area contributed by atoms with Crippen molar-refractivity contribution in [2.75, 3.05) is 57.2 Å². The molecule has 0 radical (unpaired) electrons. The average Bonchev–Trinajstić information content (AvgIpc) is 3.13. The Hall–Kier alpha value is -2.12. The highest BCUT2D eigenvalue weighted by atomic mass is 16.5. The summed E-state index contributed by atoms with van der Waals surface area (Å²) in [5, 5.41) is 0. The molecule has 0 N–H and O–H groups in total. The van der Waals surface area contributed by atoms with Gasteiger partial charge in [-0.2, -0.15) is 0 Å². The van der Waals surface area contributed by atoms with Gasteiger partial charge in [-0.15, -0.1) is 0 Å². The fourth-order valence-electron chi connectivity index (χ4n) is 4.05. The molecular formula is C20H29N5O2. The molecule has 4 rings (SSSR count). The molecule has 2 aromatic rings. The Labute approximate surface area is 160 Å². The van der Waals surface area contributed by atoms with Crippen molar-refractivity contribution in [1.29, 1.82) is 0 Å². The first-order valence-corrected chi connectivity index (χ1v) is 9.62. The molecular weight excluding hydrogens is 342 g/mol. The molecule has 2 saturated heterocycles. The van der Waals surface area contributed by atoms with Crippen LogP contribution in [0.1, 0.15) is 18.6 Å². The zero-order valence-corrected chi connectivity index (χ0v) is 16.5. The first kappa shape index (κ1) is 18.3. The van der Waals surface area contributed by atoms with Crippen LogP contribution in [0, 0.1) is 5.92 Å². The topological polar surface area (TPSA) is 57.9 Å². The first-order valence-electron chi connectivity index (χ1n) is 9.62. The third-order valence-electron chi connectivity index (χ3n) is 5.59. The fourth-order valence-corrected chi connectivity index (χ4v) is 4.05. The van der Waals surface area contributed by atoms with Crippen molar-refractivity contribution in [2.45, 2.75) is 25.0 Å². The lowest BCUT2D eigenvalue weighted by molar-refractivity contribution is -0.119. The molecule has 7 heteroatoms. The Balaban J connectivity index is 1.25. The van der Waals surface area contributed by atoms with Gasteiger partial charge in [-0.05, 0) is 37.9 Å². The predicted octanol–water partition coefficient (Wildman–Crippen LogP) is 2.25. The van der Waals surface area contributed by atoms with Crippen molar-refractivity contribution in [3.8, 4) is 0 Å². The number of nitrogens with zero attached hydrogens (tertiary/aromatic N) is 5. The summed E-state index contributed by atoms with van der Waals surface area (Å²) < 4.78 is 11.8. The van der Waals surface area contributed by atoms with E-state index in [-0.39, 0.29) is 5.60 Å². The van der Waals surface area contributed by atoms with Gasteiger partial charge in [0.05, 0.1) is 32.5 Å². The average molecular weight is 371 g/mol. The SMILES string of the molecule is CN(Cc1ccco1)CC1CCC2(CN(c3cc(N(C)C)ncn3)C2)OC1. The predicted molar refractivity (Wildman–Crippen MR) is 105 cm³/mol. The van der Waals surface area contributed by atoms with E-state index >= 15 is 0 Å². The molecule has 4 heterocycles. The van der Waals surface area contributed by atoms with Crippen LogP contribution in [0.2, 0.25) is 0 Å². The van der Waals surface area contributed by atoms with Gasteiger partial charge in [0.2, 0.25) is 0 Å². The molecule has 2 aliphatic heterocycles. The summed E-state index contributed by atoms with van der Waals surface area (Å²) in [4.78, 5) is 15.3. The van der Waals surface area contributed by atoms with E-state index in [9.17, 15) is 0 Å². The van der Waals surface area contributed by atoms with Gasteiger partial charge in [-0.1, -0.05) is 0 Å². The summed E-state index contributed by atoms with van der Waals surface area (Å²) in [6.45, 7) is 4.57. The van der Waals surface area contributed by atoms with Crippen molar-refractivity contribution in [3.05, 3.63) is 36.5 Å². The van der Waals surface area contributed by atoms with Crippen molar-refractivity contribution in [2.24, 2.45) is 5.92 Å². The largest absolute Gasteiger partial charge is 0.468 e. The molecule has 2 aliphatic rings. The van der Waals surface area contributed by atoms with E-state index in [2.05, 4.69) is 26.8 Å². The van der Waals surface area contributed by atoms with Crippen molar-refractivity contribution < 1.29 is 9.15 Å². The second kappa shape index (κ2) is 7.48. The van der Waals surface area contributed by atoms with Crippen LogP contribution in [0.4, 0.5) is 11.6 Å². The summed E-state index contributed by atoms with van der Waals surface area (Å²) in [5.41, 5.74) is 0.0132. The minimum absolute atomic E-state index is 0.0132. The summed E-state index contributed by atoms with van der Waals surface area (Å²) in [7, 11) is 6.14. The molecule has 1 unspecified atom stereocenters. The van der Waals surface area contributed by atoms with Gasteiger partial charge < -0.3 is 19.0 Å². The maximum absolute atomic E-state index is 6.33. The van der Waals surface area contributed by atoms with Gasteiger partial charge in [0.15, 0.2) is 0 Å². The minimum atomic E-state index is 0.0132. The second-order valence-electron chi connectivity index (χ2n) is 8.16. The highest BCUT2D eigenvalue weighted by Crippen LogP contribution is 2.38. The van der Waals surface area contributed by atoms with Gasteiger partial charge in [0.25, 0.3) is 0 Å². The Morgan fingerprint density at radius 2 is 2.11 bits per heavy atom. The highest BCUT2D eigenvalue weighted by molar-refractivity contribution is 5.52. The molecule has 0 saturated carbocycles. The maximum atomic E-state index is 6.33. The third-order valence-corrected chi connectivity index (χ3v) is 5.59. The normalized spacial score (nSPS) is 21.5. The van der Waals surface area contributed by atoms with Crippen molar-refractivity contribution >= 4 is 11.6 Å². The van der Waals surface area contributed by atoms with Gasteiger partial charge in [0.1, 0.15) is 29.3 Å². The van der Waals surface area contributed by atoms with Crippen LogP contribution in [0.3, 0.4) is 0 Å². The molecule has 7 nitrogen and oxygen atoms in total. The van der Waals surface area contributed by atoms with Crippen molar-refractivity contribution in [1.82, 2.24) is 14.9 Å². The van der Waals surface area contributed by atoms with Gasteiger partial charge >= 0.3 is 0 Å². The number of furan rings is 1. The Bertz CT molecular complexity index is 733. The first-order chi connectivity index (χ1) is 13.0. The Morgan fingerprint density at radius 3 is 2.78 bits per heavy atom. The van der Waals surface area contributed by atoms with Crippen LogP contribution in [0.15, 0.2) is 35.2 Å². The molecule has 0 aromatic carbocycles. The van der Waals surface area contributed by atoms with E-state index in [1.54, 1.807) is 12.6 Å². The number of rotatable bonds is 6. The van der Waals surface area contributed by atoms with Gasteiger partial charge in [0, 0.05) is 26.7 Å².